The second-order valence-electron chi connectivity index (χ2n) is 3.73. The van der Waals surface area contributed by atoms with Crippen LogP contribution in [0.5, 0.6) is 0 Å². The Bertz CT molecular complexity index is 434. The molecule has 0 fully saturated rings. The number of sulfone groups is 1. The van der Waals surface area contributed by atoms with E-state index in [2.05, 4.69) is 4.98 Å². The molecule has 1 heterocycles. The third-order valence-electron chi connectivity index (χ3n) is 2.27. The van der Waals surface area contributed by atoms with Gasteiger partial charge in [-0.05, 0) is 20.8 Å². The molecule has 15 heavy (non-hydrogen) atoms. The van der Waals surface area contributed by atoms with Crippen LogP contribution < -0.4 is 5.73 Å². The second-order valence-corrected chi connectivity index (χ2v) is 6.29. The first-order valence-corrected chi connectivity index (χ1v) is 6.61. The standard InChI is InChI=1S/C9H17N3O2S/c1-4-12-5-8(11-9(12)10)6-15(13,14)7(2)3/h5,7H,4,6H2,1-3H3,(H2,10,11). The van der Waals surface area contributed by atoms with Crippen LogP contribution in [0.25, 0.3) is 0 Å². The van der Waals surface area contributed by atoms with Gasteiger partial charge in [0.2, 0.25) is 0 Å². The third-order valence-corrected chi connectivity index (χ3v) is 4.40. The molecule has 0 unspecified atom stereocenters. The highest BCUT2D eigenvalue weighted by atomic mass is 32.2. The maximum atomic E-state index is 11.6. The summed E-state index contributed by atoms with van der Waals surface area (Å²) in [7, 11) is -3.09. The molecule has 0 amide bonds. The lowest BCUT2D eigenvalue weighted by molar-refractivity contribution is 0.586. The van der Waals surface area contributed by atoms with Crippen molar-refractivity contribution >= 4 is 15.8 Å². The lowest BCUT2D eigenvalue weighted by atomic mass is 10.5. The SMILES string of the molecule is CCn1cc(CS(=O)(=O)C(C)C)nc1N. The average Bonchev–Trinajstić information content (AvgIpc) is 2.44. The lowest BCUT2D eigenvalue weighted by Gasteiger charge is -2.04. The lowest BCUT2D eigenvalue weighted by Crippen LogP contribution is -2.16. The van der Waals surface area contributed by atoms with Gasteiger partial charge in [-0.25, -0.2) is 13.4 Å². The zero-order valence-electron chi connectivity index (χ0n) is 9.27. The van der Waals surface area contributed by atoms with Gasteiger partial charge < -0.3 is 10.3 Å². The van der Waals surface area contributed by atoms with Crippen molar-refractivity contribution in [2.24, 2.45) is 0 Å². The van der Waals surface area contributed by atoms with E-state index < -0.39 is 9.84 Å². The molecule has 0 saturated heterocycles. The van der Waals surface area contributed by atoms with Gasteiger partial charge in [-0.15, -0.1) is 0 Å². The van der Waals surface area contributed by atoms with Crippen LogP contribution in [0.1, 0.15) is 26.5 Å². The van der Waals surface area contributed by atoms with Gasteiger partial charge in [0.25, 0.3) is 0 Å². The van der Waals surface area contributed by atoms with Crippen LogP contribution in [0.2, 0.25) is 0 Å². The molecule has 1 aromatic heterocycles. The molecule has 2 N–H and O–H groups in total. The second kappa shape index (κ2) is 4.22. The number of nitrogen functional groups attached to an aromatic ring is 1. The minimum atomic E-state index is -3.09. The van der Waals surface area contributed by atoms with E-state index in [1.54, 1.807) is 24.6 Å². The van der Waals surface area contributed by atoms with Crippen LogP contribution in [0.4, 0.5) is 5.95 Å². The van der Waals surface area contributed by atoms with Crippen molar-refractivity contribution in [3.8, 4) is 0 Å². The van der Waals surface area contributed by atoms with Crippen molar-refractivity contribution in [1.82, 2.24) is 9.55 Å². The highest BCUT2D eigenvalue weighted by Crippen LogP contribution is 2.12. The van der Waals surface area contributed by atoms with Crippen LogP contribution in [0, 0.1) is 0 Å². The molecule has 0 atom stereocenters. The van der Waals surface area contributed by atoms with E-state index >= 15 is 0 Å². The van der Waals surface area contributed by atoms with E-state index in [9.17, 15) is 8.42 Å². The summed E-state index contributed by atoms with van der Waals surface area (Å²) in [5.74, 6) is 0.327. The number of aromatic nitrogens is 2. The van der Waals surface area contributed by atoms with Crippen LogP contribution in [0.15, 0.2) is 6.20 Å². The normalized spacial score (nSPS) is 12.3. The Morgan fingerprint density at radius 2 is 2.13 bits per heavy atom. The molecule has 1 aromatic rings. The fourth-order valence-electron chi connectivity index (χ4n) is 1.18. The molecule has 0 saturated carbocycles. The first-order chi connectivity index (χ1) is 6.86. The number of imidazole rings is 1. The average molecular weight is 231 g/mol. The van der Waals surface area contributed by atoms with Crippen LogP contribution in [-0.2, 0) is 22.1 Å². The van der Waals surface area contributed by atoms with Gasteiger partial charge >= 0.3 is 0 Å². The Kier molecular flexibility index (Phi) is 3.38. The van der Waals surface area contributed by atoms with Crippen molar-refractivity contribution in [3.63, 3.8) is 0 Å². The number of hydrogen-bond acceptors (Lipinski definition) is 4. The maximum Gasteiger partial charge on any atom is 0.200 e. The van der Waals surface area contributed by atoms with E-state index in [0.717, 1.165) is 0 Å². The summed E-state index contributed by atoms with van der Waals surface area (Å²) in [6.45, 7) is 5.95. The summed E-state index contributed by atoms with van der Waals surface area (Å²) in [6, 6.07) is 0. The Labute approximate surface area is 90.2 Å². The van der Waals surface area contributed by atoms with E-state index in [4.69, 9.17) is 5.73 Å². The Balaban J connectivity index is 2.91. The number of hydrogen-bond donors (Lipinski definition) is 1. The summed E-state index contributed by atoms with van der Waals surface area (Å²) in [6.07, 6.45) is 1.69. The molecule has 5 nitrogen and oxygen atoms in total. The summed E-state index contributed by atoms with van der Waals surface area (Å²) < 4.78 is 25.0. The van der Waals surface area contributed by atoms with Crippen molar-refractivity contribution in [2.75, 3.05) is 5.73 Å². The van der Waals surface area contributed by atoms with Crippen LogP contribution >= 0.6 is 0 Å². The molecule has 0 aliphatic carbocycles. The van der Waals surface area contributed by atoms with Crippen molar-refractivity contribution in [3.05, 3.63) is 11.9 Å². The molecule has 0 radical (unpaired) electrons. The zero-order chi connectivity index (χ0) is 11.6. The van der Waals surface area contributed by atoms with Gasteiger partial charge in [0.1, 0.15) is 0 Å². The molecule has 0 aliphatic rings. The molecule has 0 aliphatic heterocycles. The molecular formula is C9H17N3O2S. The molecule has 1 rings (SSSR count). The number of nitrogens with zero attached hydrogens (tertiary/aromatic N) is 2. The predicted octanol–water partition coefficient (Wildman–Crippen LogP) is 0.808. The third kappa shape index (κ3) is 2.71. The Morgan fingerprint density at radius 3 is 2.53 bits per heavy atom. The van der Waals surface area contributed by atoms with Gasteiger partial charge in [0, 0.05) is 12.7 Å². The molecule has 0 spiro atoms. The molecular weight excluding hydrogens is 214 g/mol. The van der Waals surface area contributed by atoms with E-state index in [-0.39, 0.29) is 11.0 Å². The van der Waals surface area contributed by atoms with Gasteiger partial charge in [0.05, 0.1) is 16.7 Å². The van der Waals surface area contributed by atoms with Crippen molar-refractivity contribution in [1.29, 1.82) is 0 Å². The minimum Gasteiger partial charge on any atom is -0.369 e. The fraction of sp³-hybridized carbons (Fsp3) is 0.667. The smallest absolute Gasteiger partial charge is 0.200 e. The predicted molar refractivity (Wildman–Crippen MR) is 60.1 cm³/mol. The molecule has 0 aromatic carbocycles. The first-order valence-electron chi connectivity index (χ1n) is 4.90. The summed E-state index contributed by atoms with van der Waals surface area (Å²) in [4.78, 5) is 4.01. The first kappa shape index (κ1) is 12.0. The van der Waals surface area contributed by atoms with Gasteiger partial charge in [-0.2, -0.15) is 0 Å². The van der Waals surface area contributed by atoms with Crippen molar-refractivity contribution < 1.29 is 8.42 Å². The van der Waals surface area contributed by atoms with Gasteiger partial charge in [0.15, 0.2) is 15.8 Å². The fourth-order valence-corrected chi connectivity index (χ4v) is 2.07. The Hall–Kier alpha value is -1.04. The van der Waals surface area contributed by atoms with Crippen LogP contribution in [0.3, 0.4) is 0 Å². The summed E-state index contributed by atoms with van der Waals surface area (Å²) in [5, 5.41) is -0.384. The number of aryl methyl sites for hydroxylation is 1. The highest BCUT2D eigenvalue weighted by molar-refractivity contribution is 7.91. The quantitative estimate of drug-likeness (QED) is 0.831. The topological polar surface area (TPSA) is 78.0 Å². The number of nitrogens with two attached hydrogens (primary N) is 1. The summed E-state index contributed by atoms with van der Waals surface area (Å²) in [5.41, 5.74) is 6.12. The monoisotopic (exact) mass is 231 g/mol. The van der Waals surface area contributed by atoms with E-state index in [1.165, 1.54) is 0 Å². The summed E-state index contributed by atoms with van der Waals surface area (Å²) >= 11 is 0. The minimum absolute atomic E-state index is 0.0398. The number of anilines is 1. The highest BCUT2D eigenvalue weighted by Gasteiger charge is 2.18. The van der Waals surface area contributed by atoms with Crippen molar-refractivity contribution in [2.45, 2.75) is 38.3 Å². The molecule has 6 heteroatoms. The number of rotatable bonds is 4. The maximum absolute atomic E-state index is 11.6. The van der Waals surface area contributed by atoms with Crippen LogP contribution in [-0.4, -0.2) is 23.2 Å². The zero-order valence-corrected chi connectivity index (χ0v) is 10.1. The molecule has 0 bridgehead atoms. The molecule has 86 valence electrons. The largest absolute Gasteiger partial charge is 0.369 e. The van der Waals surface area contributed by atoms with Gasteiger partial charge in [-0.1, -0.05) is 0 Å². The van der Waals surface area contributed by atoms with Gasteiger partial charge in [-0.3, -0.25) is 0 Å². The van der Waals surface area contributed by atoms with E-state index in [0.29, 0.717) is 18.2 Å². The van der Waals surface area contributed by atoms with E-state index in [1.807, 2.05) is 6.92 Å². The Morgan fingerprint density at radius 1 is 1.53 bits per heavy atom.